The van der Waals surface area contributed by atoms with E-state index in [-0.39, 0.29) is 18.0 Å². The van der Waals surface area contributed by atoms with Crippen LogP contribution in [0.15, 0.2) is 30.3 Å². The Hall–Kier alpha value is -1.35. The molecule has 1 saturated heterocycles. The first kappa shape index (κ1) is 8.26. The van der Waals surface area contributed by atoms with Crippen molar-refractivity contribution in [3.63, 3.8) is 0 Å². The SMILES string of the molecule is CN1C(=O)[C@@H](N)[C@@H]1c1ccccc1. The molecule has 1 heterocycles. The molecule has 0 aliphatic carbocycles. The molecule has 13 heavy (non-hydrogen) atoms. The Bertz CT molecular complexity index is 311. The first-order chi connectivity index (χ1) is 6.22. The molecule has 1 aromatic rings. The molecule has 68 valence electrons. The first-order valence-electron chi connectivity index (χ1n) is 4.29. The fourth-order valence-electron chi connectivity index (χ4n) is 1.75. The lowest BCUT2D eigenvalue weighted by Gasteiger charge is -2.43. The fraction of sp³-hybridized carbons (Fsp3) is 0.300. The van der Waals surface area contributed by atoms with Crippen molar-refractivity contribution in [3.05, 3.63) is 35.9 Å². The van der Waals surface area contributed by atoms with Gasteiger partial charge in [0.15, 0.2) is 0 Å². The zero-order valence-electron chi connectivity index (χ0n) is 7.47. The van der Waals surface area contributed by atoms with Crippen LogP contribution >= 0.6 is 0 Å². The molecule has 1 aromatic carbocycles. The van der Waals surface area contributed by atoms with E-state index in [1.807, 2.05) is 30.3 Å². The van der Waals surface area contributed by atoms with Crippen LogP contribution in [0, 0.1) is 0 Å². The summed E-state index contributed by atoms with van der Waals surface area (Å²) in [6, 6.07) is 9.56. The molecule has 3 nitrogen and oxygen atoms in total. The van der Waals surface area contributed by atoms with Gasteiger partial charge in [-0.2, -0.15) is 0 Å². The Balaban J connectivity index is 2.25. The van der Waals surface area contributed by atoms with Gasteiger partial charge >= 0.3 is 0 Å². The van der Waals surface area contributed by atoms with Crippen molar-refractivity contribution in [2.45, 2.75) is 12.1 Å². The summed E-state index contributed by atoms with van der Waals surface area (Å²) in [5.41, 5.74) is 6.81. The van der Waals surface area contributed by atoms with Crippen LogP contribution in [0.1, 0.15) is 11.6 Å². The number of β-lactam (4-membered cyclic amide) rings is 1. The molecule has 0 spiro atoms. The molecule has 1 amide bonds. The van der Waals surface area contributed by atoms with Crippen LogP contribution in [-0.4, -0.2) is 23.9 Å². The zero-order chi connectivity index (χ0) is 9.42. The molecule has 2 atom stereocenters. The standard InChI is InChI=1S/C10H12N2O/c1-12-9(8(11)10(12)13)7-5-3-2-4-6-7/h2-6,8-9H,11H2,1H3/t8-,9-/m0/s1. The number of carbonyl (C=O) groups is 1. The summed E-state index contributed by atoms with van der Waals surface area (Å²) >= 11 is 0. The predicted molar refractivity (Wildman–Crippen MR) is 49.9 cm³/mol. The molecule has 1 aliphatic heterocycles. The maximum atomic E-state index is 11.1. The number of hydrogen-bond acceptors (Lipinski definition) is 2. The van der Waals surface area contributed by atoms with Gasteiger partial charge < -0.3 is 10.6 Å². The van der Waals surface area contributed by atoms with E-state index in [0.29, 0.717) is 0 Å². The molecule has 0 bridgehead atoms. The van der Waals surface area contributed by atoms with E-state index in [2.05, 4.69) is 0 Å². The highest BCUT2D eigenvalue weighted by molar-refractivity contribution is 5.89. The third kappa shape index (κ3) is 1.12. The van der Waals surface area contributed by atoms with E-state index in [0.717, 1.165) is 5.56 Å². The van der Waals surface area contributed by atoms with Gasteiger partial charge in [-0.15, -0.1) is 0 Å². The van der Waals surface area contributed by atoms with Crippen LogP contribution in [-0.2, 0) is 4.79 Å². The largest absolute Gasteiger partial charge is 0.335 e. The van der Waals surface area contributed by atoms with E-state index in [9.17, 15) is 4.79 Å². The highest BCUT2D eigenvalue weighted by Gasteiger charge is 2.42. The summed E-state index contributed by atoms with van der Waals surface area (Å²) in [4.78, 5) is 12.8. The monoisotopic (exact) mass is 176 g/mol. The van der Waals surface area contributed by atoms with Gasteiger partial charge in [0.1, 0.15) is 6.04 Å². The number of hydrogen-bond donors (Lipinski definition) is 1. The van der Waals surface area contributed by atoms with Crippen molar-refractivity contribution in [3.8, 4) is 0 Å². The number of amides is 1. The van der Waals surface area contributed by atoms with Gasteiger partial charge in [-0.3, -0.25) is 4.79 Å². The molecule has 1 aliphatic rings. The highest BCUT2D eigenvalue weighted by atomic mass is 16.2. The molecular formula is C10H12N2O. The second-order valence-electron chi connectivity index (χ2n) is 3.33. The van der Waals surface area contributed by atoms with E-state index < -0.39 is 0 Å². The van der Waals surface area contributed by atoms with Crippen molar-refractivity contribution in [1.29, 1.82) is 0 Å². The number of rotatable bonds is 1. The summed E-state index contributed by atoms with van der Waals surface area (Å²) in [6.07, 6.45) is 0. The molecule has 3 heteroatoms. The number of benzene rings is 1. The molecule has 2 N–H and O–H groups in total. The Morgan fingerprint density at radius 2 is 1.92 bits per heavy atom. The number of nitrogens with zero attached hydrogens (tertiary/aromatic N) is 1. The van der Waals surface area contributed by atoms with Crippen molar-refractivity contribution in [2.75, 3.05) is 7.05 Å². The Morgan fingerprint density at radius 3 is 2.46 bits per heavy atom. The van der Waals surface area contributed by atoms with Gasteiger partial charge in [-0.05, 0) is 5.56 Å². The molecule has 0 unspecified atom stereocenters. The van der Waals surface area contributed by atoms with Gasteiger partial charge in [-0.1, -0.05) is 30.3 Å². The highest BCUT2D eigenvalue weighted by Crippen LogP contribution is 2.31. The van der Waals surface area contributed by atoms with Gasteiger partial charge in [0, 0.05) is 7.05 Å². The third-order valence-electron chi connectivity index (χ3n) is 2.53. The third-order valence-corrected chi connectivity index (χ3v) is 2.53. The van der Waals surface area contributed by atoms with Crippen LogP contribution in [0.25, 0.3) is 0 Å². The predicted octanol–water partition coefficient (Wildman–Crippen LogP) is 0.527. The van der Waals surface area contributed by atoms with E-state index >= 15 is 0 Å². The molecule has 0 saturated carbocycles. The average Bonchev–Trinajstić information content (AvgIpc) is 2.19. The lowest BCUT2D eigenvalue weighted by molar-refractivity contribution is -0.146. The maximum absolute atomic E-state index is 11.1. The van der Waals surface area contributed by atoms with E-state index in [4.69, 9.17) is 5.73 Å². The quantitative estimate of drug-likeness (QED) is 0.634. The van der Waals surface area contributed by atoms with Crippen molar-refractivity contribution in [2.24, 2.45) is 5.73 Å². The number of likely N-dealkylation sites (tertiary alicyclic amines) is 1. The van der Waals surface area contributed by atoms with Crippen molar-refractivity contribution >= 4 is 5.91 Å². The minimum atomic E-state index is -0.354. The Labute approximate surface area is 77.1 Å². The van der Waals surface area contributed by atoms with E-state index in [1.54, 1.807) is 11.9 Å². The Kier molecular flexibility index (Phi) is 1.81. The Morgan fingerprint density at radius 1 is 1.31 bits per heavy atom. The second-order valence-corrected chi connectivity index (χ2v) is 3.33. The summed E-state index contributed by atoms with van der Waals surface area (Å²) in [5, 5.41) is 0. The number of likely N-dealkylation sites (N-methyl/N-ethyl adjacent to an activating group) is 1. The molecule has 2 rings (SSSR count). The topological polar surface area (TPSA) is 46.3 Å². The lowest BCUT2D eigenvalue weighted by atomic mass is 9.90. The molecule has 0 aromatic heterocycles. The minimum Gasteiger partial charge on any atom is -0.335 e. The summed E-state index contributed by atoms with van der Waals surface area (Å²) in [5.74, 6) is 0.0221. The molecular weight excluding hydrogens is 164 g/mol. The van der Waals surface area contributed by atoms with E-state index in [1.165, 1.54) is 0 Å². The van der Waals surface area contributed by atoms with Crippen LogP contribution in [0.4, 0.5) is 0 Å². The minimum absolute atomic E-state index is 0.0221. The van der Waals surface area contributed by atoms with Gasteiger partial charge in [0.05, 0.1) is 6.04 Å². The van der Waals surface area contributed by atoms with Crippen LogP contribution < -0.4 is 5.73 Å². The lowest BCUT2D eigenvalue weighted by Crippen LogP contribution is -2.61. The van der Waals surface area contributed by atoms with Crippen molar-refractivity contribution < 1.29 is 4.79 Å². The maximum Gasteiger partial charge on any atom is 0.242 e. The van der Waals surface area contributed by atoms with Crippen LogP contribution in [0.5, 0.6) is 0 Å². The smallest absolute Gasteiger partial charge is 0.242 e. The van der Waals surface area contributed by atoms with Crippen molar-refractivity contribution in [1.82, 2.24) is 4.90 Å². The second kappa shape index (κ2) is 2.85. The fourth-order valence-corrected chi connectivity index (χ4v) is 1.75. The summed E-state index contributed by atoms with van der Waals surface area (Å²) < 4.78 is 0. The zero-order valence-corrected chi connectivity index (χ0v) is 7.47. The first-order valence-corrected chi connectivity index (χ1v) is 4.29. The van der Waals surface area contributed by atoms with Gasteiger partial charge in [-0.25, -0.2) is 0 Å². The van der Waals surface area contributed by atoms with Gasteiger partial charge in [0.2, 0.25) is 5.91 Å². The molecule has 1 fully saturated rings. The number of nitrogens with two attached hydrogens (primary N) is 1. The summed E-state index contributed by atoms with van der Waals surface area (Å²) in [7, 11) is 1.78. The van der Waals surface area contributed by atoms with Gasteiger partial charge in [0.25, 0.3) is 0 Å². The average molecular weight is 176 g/mol. The van der Waals surface area contributed by atoms with Crippen LogP contribution in [0.3, 0.4) is 0 Å². The van der Waals surface area contributed by atoms with Crippen LogP contribution in [0.2, 0.25) is 0 Å². The molecule has 0 radical (unpaired) electrons. The number of carbonyl (C=O) groups excluding carboxylic acids is 1. The summed E-state index contributed by atoms with van der Waals surface area (Å²) in [6.45, 7) is 0. The normalized spacial score (nSPS) is 27.2.